The van der Waals surface area contributed by atoms with E-state index < -0.39 is 0 Å². The predicted octanol–water partition coefficient (Wildman–Crippen LogP) is 3.83. The normalized spacial score (nSPS) is 14.4. The zero-order valence-corrected chi connectivity index (χ0v) is 19.2. The van der Waals surface area contributed by atoms with Gasteiger partial charge in [0.25, 0.3) is 0 Å². The number of hydrogen-bond donors (Lipinski definition) is 0. The summed E-state index contributed by atoms with van der Waals surface area (Å²) in [5, 5.41) is 0.722. The van der Waals surface area contributed by atoms with E-state index in [0.29, 0.717) is 19.6 Å². The Hall–Kier alpha value is -2.68. The number of nitrogens with zero attached hydrogens (tertiary/aromatic N) is 3. The third-order valence-electron chi connectivity index (χ3n) is 5.40. The fraction of sp³-hybridized carbons (Fsp3) is 0.417. The second kappa shape index (κ2) is 11.3. The molecule has 0 saturated carbocycles. The Bertz CT molecular complexity index is 1000. The summed E-state index contributed by atoms with van der Waals surface area (Å²) in [6.45, 7) is 5.34. The molecule has 7 nitrogen and oxygen atoms in total. The van der Waals surface area contributed by atoms with Gasteiger partial charge in [-0.15, -0.1) is 0 Å². The first kappa shape index (κ1) is 22.5. The molecule has 1 saturated heterocycles. The van der Waals surface area contributed by atoms with Crippen LogP contribution in [0.4, 0.5) is 5.13 Å². The molecule has 2 heterocycles. The number of morpholine rings is 1. The standard InChI is InChI=1S/C24H29N3O4S/c1-29-20-8-9-22-21(18-20)25-24(32-22)27(12-5-11-26-13-16-30-17-14-26)23(28)10-15-31-19-6-3-2-4-7-19/h2-4,6-9,18H,5,10-17H2,1H3. The maximum atomic E-state index is 13.2. The van der Waals surface area contributed by atoms with Gasteiger partial charge in [-0.1, -0.05) is 29.5 Å². The lowest BCUT2D eigenvalue weighted by Crippen LogP contribution is -2.39. The van der Waals surface area contributed by atoms with E-state index in [1.807, 2.05) is 53.4 Å². The molecule has 1 aromatic heterocycles. The molecular weight excluding hydrogens is 426 g/mol. The van der Waals surface area contributed by atoms with Crippen molar-refractivity contribution >= 4 is 32.6 Å². The number of carbonyl (C=O) groups is 1. The zero-order valence-electron chi connectivity index (χ0n) is 18.4. The van der Waals surface area contributed by atoms with Gasteiger partial charge in [0.2, 0.25) is 5.91 Å². The molecule has 1 amide bonds. The largest absolute Gasteiger partial charge is 0.497 e. The Morgan fingerprint density at radius 1 is 1.16 bits per heavy atom. The number of carbonyl (C=O) groups excluding carboxylic acids is 1. The number of methoxy groups -OCH3 is 1. The topological polar surface area (TPSA) is 64.1 Å². The Kier molecular flexibility index (Phi) is 7.92. The number of ether oxygens (including phenoxy) is 3. The van der Waals surface area contributed by atoms with Gasteiger partial charge in [-0.3, -0.25) is 14.6 Å². The van der Waals surface area contributed by atoms with Gasteiger partial charge in [-0.2, -0.15) is 0 Å². The number of anilines is 1. The van der Waals surface area contributed by atoms with Crippen LogP contribution in [0.5, 0.6) is 11.5 Å². The molecular formula is C24H29N3O4S. The van der Waals surface area contributed by atoms with E-state index in [9.17, 15) is 4.79 Å². The molecule has 1 aliphatic rings. The number of benzene rings is 2. The van der Waals surface area contributed by atoms with Crippen LogP contribution in [-0.4, -0.2) is 68.9 Å². The van der Waals surface area contributed by atoms with E-state index in [1.54, 1.807) is 7.11 Å². The summed E-state index contributed by atoms with van der Waals surface area (Å²) in [7, 11) is 1.64. The van der Waals surface area contributed by atoms with Crippen molar-refractivity contribution in [3.05, 3.63) is 48.5 Å². The average Bonchev–Trinajstić information content (AvgIpc) is 3.26. The minimum Gasteiger partial charge on any atom is -0.497 e. The average molecular weight is 456 g/mol. The van der Waals surface area contributed by atoms with Gasteiger partial charge >= 0.3 is 0 Å². The van der Waals surface area contributed by atoms with Crippen LogP contribution in [0.15, 0.2) is 48.5 Å². The maximum absolute atomic E-state index is 13.2. The number of para-hydroxylation sites is 1. The summed E-state index contributed by atoms with van der Waals surface area (Å²) in [5.41, 5.74) is 0.843. The highest BCUT2D eigenvalue weighted by atomic mass is 32.1. The summed E-state index contributed by atoms with van der Waals surface area (Å²) in [6, 6.07) is 15.4. The van der Waals surface area contributed by atoms with Crippen LogP contribution in [-0.2, 0) is 9.53 Å². The van der Waals surface area contributed by atoms with Gasteiger partial charge in [0.15, 0.2) is 5.13 Å². The first-order chi connectivity index (χ1) is 15.7. The van der Waals surface area contributed by atoms with E-state index in [-0.39, 0.29) is 5.91 Å². The molecule has 0 atom stereocenters. The second-order valence-corrected chi connectivity index (χ2v) is 8.60. The molecule has 1 aliphatic heterocycles. The summed E-state index contributed by atoms with van der Waals surface area (Å²) in [4.78, 5) is 22.1. The molecule has 0 spiro atoms. The van der Waals surface area contributed by atoms with Crippen molar-refractivity contribution in [2.75, 3.05) is 58.0 Å². The van der Waals surface area contributed by atoms with Gasteiger partial charge in [0.05, 0.1) is 43.6 Å². The minimum atomic E-state index is 0.0222. The van der Waals surface area contributed by atoms with Crippen molar-refractivity contribution in [2.24, 2.45) is 0 Å². The predicted molar refractivity (Wildman–Crippen MR) is 127 cm³/mol. The van der Waals surface area contributed by atoms with Crippen molar-refractivity contribution in [2.45, 2.75) is 12.8 Å². The van der Waals surface area contributed by atoms with E-state index >= 15 is 0 Å². The smallest absolute Gasteiger partial charge is 0.232 e. The molecule has 2 aromatic carbocycles. The van der Waals surface area contributed by atoms with Crippen molar-refractivity contribution in [1.29, 1.82) is 0 Å². The van der Waals surface area contributed by atoms with Crippen LogP contribution in [0, 0.1) is 0 Å². The van der Waals surface area contributed by atoms with Crippen LogP contribution in [0.1, 0.15) is 12.8 Å². The van der Waals surface area contributed by atoms with Gasteiger partial charge in [0.1, 0.15) is 11.5 Å². The summed E-state index contributed by atoms with van der Waals surface area (Å²) in [5.74, 6) is 1.55. The number of rotatable bonds is 10. The number of amides is 1. The molecule has 0 N–H and O–H groups in total. The van der Waals surface area contributed by atoms with E-state index in [2.05, 4.69) is 4.90 Å². The molecule has 8 heteroatoms. The van der Waals surface area contributed by atoms with E-state index in [0.717, 1.165) is 66.1 Å². The van der Waals surface area contributed by atoms with Crippen molar-refractivity contribution in [3.8, 4) is 11.5 Å². The van der Waals surface area contributed by atoms with Crippen LogP contribution in [0.3, 0.4) is 0 Å². The lowest BCUT2D eigenvalue weighted by molar-refractivity contribution is -0.119. The SMILES string of the molecule is COc1ccc2sc(N(CCCN3CCOCC3)C(=O)CCOc3ccccc3)nc2c1. The highest BCUT2D eigenvalue weighted by molar-refractivity contribution is 7.22. The number of thiazole rings is 1. The number of aromatic nitrogens is 1. The molecule has 0 bridgehead atoms. The van der Waals surface area contributed by atoms with Crippen molar-refractivity contribution in [1.82, 2.24) is 9.88 Å². The molecule has 0 unspecified atom stereocenters. The number of fused-ring (bicyclic) bond motifs is 1. The summed E-state index contributed by atoms with van der Waals surface area (Å²) < 4.78 is 17.5. The molecule has 3 aromatic rings. The van der Waals surface area contributed by atoms with Gasteiger partial charge < -0.3 is 14.2 Å². The molecule has 32 heavy (non-hydrogen) atoms. The van der Waals surface area contributed by atoms with E-state index in [4.69, 9.17) is 19.2 Å². The lowest BCUT2D eigenvalue weighted by Gasteiger charge is -2.27. The maximum Gasteiger partial charge on any atom is 0.232 e. The van der Waals surface area contributed by atoms with Crippen LogP contribution >= 0.6 is 11.3 Å². The Labute approximate surface area is 192 Å². The third kappa shape index (κ3) is 5.97. The molecule has 0 radical (unpaired) electrons. The highest BCUT2D eigenvalue weighted by Gasteiger charge is 2.21. The van der Waals surface area contributed by atoms with Gasteiger partial charge in [-0.05, 0) is 30.7 Å². The second-order valence-electron chi connectivity index (χ2n) is 7.59. The molecule has 0 aliphatic carbocycles. The molecule has 1 fully saturated rings. The third-order valence-corrected chi connectivity index (χ3v) is 6.46. The monoisotopic (exact) mass is 455 g/mol. The minimum absolute atomic E-state index is 0.0222. The van der Waals surface area contributed by atoms with E-state index in [1.165, 1.54) is 11.3 Å². The van der Waals surface area contributed by atoms with Gasteiger partial charge in [-0.25, -0.2) is 4.98 Å². The fourth-order valence-corrected chi connectivity index (χ4v) is 4.64. The molecule has 4 rings (SSSR count). The van der Waals surface area contributed by atoms with Crippen molar-refractivity contribution in [3.63, 3.8) is 0 Å². The quantitative estimate of drug-likeness (QED) is 0.463. The Morgan fingerprint density at radius 3 is 2.75 bits per heavy atom. The van der Waals surface area contributed by atoms with Crippen LogP contribution in [0.2, 0.25) is 0 Å². The Morgan fingerprint density at radius 2 is 1.97 bits per heavy atom. The molecule has 170 valence electrons. The summed E-state index contributed by atoms with van der Waals surface area (Å²) >= 11 is 1.53. The highest BCUT2D eigenvalue weighted by Crippen LogP contribution is 2.31. The fourth-order valence-electron chi connectivity index (χ4n) is 3.65. The van der Waals surface area contributed by atoms with Crippen molar-refractivity contribution < 1.29 is 19.0 Å². The first-order valence-electron chi connectivity index (χ1n) is 11.0. The summed E-state index contributed by atoms with van der Waals surface area (Å²) in [6.07, 6.45) is 1.18. The van der Waals surface area contributed by atoms with Crippen LogP contribution in [0.25, 0.3) is 10.2 Å². The first-order valence-corrected chi connectivity index (χ1v) is 11.8. The Balaban J connectivity index is 1.43. The van der Waals surface area contributed by atoms with Gasteiger partial charge in [0, 0.05) is 32.2 Å². The van der Waals surface area contributed by atoms with Crippen LogP contribution < -0.4 is 14.4 Å². The lowest BCUT2D eigenvalue weighted by atomic mass is 10.3. The number of hydrogen-bond acceptors (Lipinski definition) is 7. The zero-order chi connectivity index (χ0) is 22.2.